The summed E-state index contributed by atoms with van der Waals surface area (Å²) in [6.07, 6.45) is 3.60. The lowest BCUT2D eigenvalue weighted by molar-refractivity contribution is 0.0697. The minimum Gasteiger partial charge on any atom is -0.478 e. The Labute approximate surface area is 93.9 Å². The summed E-state index contributed by atoms with van der Waals surface area (Å²) in [7, 11) is 0. The first kappa shape index (κ1) is 10.9. The summed E-state index contributed by atoms with van der Waals surface area (Å²) in [4.78, 5) is 14.9. The minimum atomic E-state index is -0.921. The van der Waals surface area contributed by atoms with E-state index in [4.69, 9.17) is 5.11 Å². The van der Waals surface area contributed by atoms with E-state index in [-0.39, 0.29) is 5.56 Å². The van der Waals surface area contributed by atoms with E-state index in [1.165, 1.54) is 12.3 Å². The van der Waals surface area contributed by atoms with Crippen molar-refractivity contribution in [3.8, 4) is 0 Å². The van der Waals surface area contributed by atoms with Gasteiger partial charge in [-0.1, -0.05) is 0 Å². The van der Waals surface area contributed by atoms with Crippen LogP contribution in [0.15, 0.2) is 18.3 Å². The summed E-state index contributed by atoms with van der Waals surface area (Å²) in [6, 6.07) is 3.46. The number of pyridine rings is 1. The molecule has 5 nitrogen and oxygen atoms in total. The van der Waals surface area contributed by atoms with Gasteiger partial charge in [-0.05, 0) is 38.1 Å². The first-order valence-electron chi connectivity index (χ1n) is 5.42. The topological polar surface area (TPSA) is 74.2 Å². The van der Waals surface area contributed by atoms with Gasteiger partial charge in [0.05, 0.1) is 5.56 Å². The van der Waals surface area contributed by atoms with Gasteiger partial charge in [0.15, 0.2) is 0 Å². The molecule has 2 rings (SSSR count). The molecule has 0 aliphatic carbocycles. The Morgan fingerprint density at radius 2 is 2.25 bits per heavy atom. The van der Waals surface area contributed by atoms with E-state index in [1.54, 1.807) is 6.07 Å². The van der Waals surface area contributed by atoms with E-state index in [9.17, 15) is 4.79 Å². The Bertz CT molecular complexity index is 375. The van der Waals surface area contributed by atoms with Crippen molar-refractivity contribution in [3.63, 3.8) is 0 Å². The average molecular weight is 221 g/mol. The van der Waals surface area contributed by atoms with Gasteiger partial charge in [-0.2, -0.15) is 0 Å². The lowest BCUT2D eigenvalue weighted by atomic mass is 10.1. The standard InChI is InChI=1S/C11H15N3O2/c15-11(16)8-1-6-13-10(7-8)14-9-2-4-12-5-3-9/h1,6-7,9,12H,2-5H2,(H,13,14)(H,15,16). The molecule has 0 atom stereocenters. The first-order chi connectivity index (χ1) is 7.75. The third-order valence-corrected chi connectivity index (χ3v) is 2.70. The van der Waals surface area contributed by atoms with Gasteiger partial charge in [0.25, 0.3) is 0 Å². The molecule has 0 spiro atoms. The van der Waals surface area contributed by atoms with Crippen LogP contribution in [0.3, 0.4) is 0 Å². The Morgan fingerprint density at radius 3 is 2.94 bits per heavy atom. The van der Waals surface area contributed by atoms with E-state index in [2.05, 4.69) is 15.6 Å². The number of anilines is 1. The number of carboxylic acids is 1. The van der Waals surface area contributed by atoms with Crippen molar-refractivity contribution in [2.75, 3.05) is 18.4 Å². The molecule has 1 fully saturated rings. The lowest BCUT2D eigenvalue weighted by Gasteiger charge is -2.24. The third-order valence-electron chi connectivity index (χ3n) is 2.70. The molecular formula is C11H15N3O2. The molecular weight excluding hydrogens is 206 g/mol. The molecule has 1 aliphatic rings. The van der Waals surface area contributed by atoms with Crippen LogP contribution in [-0.4, -0.2) is 35.2 Å². The van der Waals surface area contributed by atoms with Gasteiger partial charge in [-0.3, -0.25) is 0 Å². The number of carbonyl (C=O) groups is 1. The Morgan fingerprint density at radius 1 is 1.50 bits per heavy atom. The van der Waals surface area contributed by atoms with E-state index >= 15 is 0 Å². The summed E-state index contributed by atoms with van der Waals surface area (Å²) in [5.74, 6) is -0.275. The van der Waals surface area contributed by atoms with E-state index in [0.29, 0.717) is 11.9 Å². The largest absolute Gasteiger partial charge is 0.478 e. The van der Waals surface area contributed by atoms with Crippen molar-refractivity contribution in [3.05, 3.63) is 23.9 Å². The monoisotopic (exact) mass is 221 g/mol. The number of hydrogen-bond acceptors (Lipinski definition) is 4. The van der Waals surface area contributed by atoms with Crippen LogP contribution in [0.1, 0.15) is 23.2 Å². The molecule has 3 N–H and O–H groups in total. The molecule has 5 heteroatoms. The predicted octanol–water partition coefficient (Wildman–Crippen LogP) is 0.944. The molecule has 0 amide bonds. The summed E-state index contributed by atoms with van der Waals surface area (Å²) in [5.41, 5.74) is 0.270. The number of nitrogens with one attached hydrogen (secondary N) is 2. The quantitative estimate of drug-likeness (QED) is 0.708. The number of aromatic nitrogens is 1. The fourth-order valence-corrected chi connectivity index (χ4v) is 1.82. The lowest BCUT2D eigenvalue weighted by Crippen LogP contribution is -2.35. The third kappa shape index (κ3) is 2.70. The number of hydrogen-bond donors (Lipinski definition) is 3. The van der Waals surface area contributed by atoms with Crippen LogP contribution in [0.4, 0.5) is 5.82 Å². The van der Waals surface area contributed by atoms with E-state index in [0.717, 1.165) is 25.9 Å². The highest BCUT2D eigenvalue weighted by atomic mass is 16.4. The van der Waals surface area contributed by atoms with E-state index in [1.807, 2.05) is 0 Å². The maximum atomic E-state index is 10.8. The van der Waals surface area contributed by atoms with Crippen molar-refractivity contribution in [1.29, 1.82) is 0 Å². The molecule has 0 bridgehead atoms. The highest BCUT2D eigenvalue weighted by Crippen LogP contribution is 2.12. The number of carboxylic acid groups (broad SMARTS) is 1. The fraction of sp³-hybridized carbons (Fsp3) is 0.455. The molecule has 1 aliphatic heterocycles. The zero-order chi connectivity index (χ0) is 11.4. The minimum absolute atomic E-state index is 0.270. The SMILES string of the molecule is O=C(O)c1ccnc(NC2CCNCC2)c1. The second kappa shape index (κ2) is 4.94. The highest BCUT2D eigenvalue weighted by molar-refractivity contribution is 5.88. The van der Waals surface area contributed by atoms with Crippen LogP contribution < -0.4 is 10.6 Å². The van der Waals surface area contributed by atoms with Gasteiger partial charge in [0.1, 0.15) is 5.82 Å². The highest BCUT2D eigenvalue weighted by Gasteiger charge is 2.13. The van der Waals surface area contributed by atoms with Crippen LogP contribution in [-0.2, 0) is 0 Å². The van der Waals surface area contributed by atoms with Crippen molar-refractivity contribution >= 4 is 11.8 Å². The Kier molecular flexibility index (Phi) is 3.36. The fourth-order valence-electron chi connectivity index (χ4n) is 1.82. The zero-order valence-corrected chi connectivity index (χ0v) is 8.94. The molecule has 1 aromatic heterocycles. The van der Waals surface area contributed by atoms with Crippen LogP contribution >= 0.6 is 0 Å². The summed E-state index contributed by atoms with van der Waals surface area (Å²) < 4.78 is 0. The van der Waals surface area contributed by atoms with Crippen molar-refractivity contribution in [1.82, 2.24) is 10.3 Å². The van der Waals surface area contributed by atoms with Crippen molar-refractivity contribution in [2.45, 2.75) is 18.9 Å². The number of rotatable bonds is 3. The maximum absolute atomic E-state index is 10.8. The van der Waals surface area contributed by atoms with Gasteiger partial charge in [0, 0.05) is 12.2 Å². The second-order valence-corrected chi connectivity index (χ2v) is 3.90. The van der Waals surface area contributed by atoms with Crippen molar-refractivity contribution in [2.24, 2.45) is 0 Å². The average Bonchev–Trinajstić information content (AvgIpc) is 2.30. The first-order valence-corrected chi connectivity index (χ1v) is 5.42. The maximum Gasteiger partial charge on any atom is 0.335 e. The summed E-state index contributed by atoms with van der Waals surface area (Å²) in [5, 5.41) is 15.4. The summed E-state index contributed by atoms with van der Waals surface area (Å²) >= 11 is 0. The molecule has 1 aromatic rings. The van der Waals surface area contributed by atoms with Crippen LogP contribution in [0, 0.1) is 0 Å². The number of nitrogens with zero attached hydrogens (tertiary/aromatic N) is 1. The van der Waals surface area contributed by atoms with Crippen LogP contribution in [0.25, 0.3) is 0 Å². The molecule has 16 heavy (non-hydrogen) atoms. The molecule has 0 saturated carbocycles. The van der Waals surface area contributed by atoms with Gasteiger partial charge >= 0.3 is 5.97 Å². The van der Waals surface area contributed by atoms with Crippen LogP contribution in [0.2, 0.25) is 0 Å². The second-order valence-electron chi connectivity index (χ2n) is 3.90. The smallest absolute Gasteiger partial charge is 0.335 e. The van der Waals surface area contributed by atoms with Gasteiger partial charge in [0.2, 0.25) is 0 Å². The Balaban J connectivity index is 2.02. The molecule has 2 heterocycles. The Hall–Kier alpha value is -1.62. The number of aromatic carboxylic acids is 1. The van der Waals surface area contributed by atoms with Gasteiger partial charge in [-0.15, -0.1) is 0 Å². The normalized spacial score (nSPS) is 17.0. The van der Waals surface area contributed by atoms with E-state index < -0.39 is 5.97 Å². The predicted molar refractivity (Wildman–Crippen MR) is 60.7 cm³/mol. The van der Waals surface area contributed by atoms with Gasteiger partial charge in [-0.25, -0.2) is 9.78 Å². The molecule has 0 unspecified atom stereocenters. The summed E-state index contributed by atoms with van der Waals surface area (Å²) in [6.45, 7) is 1.99. The van der Waals surface area contributed by atoms with Crippen LogP contribution in [0.5, 0.6) is 0 Å². The zero-order valence-electron chi connectivity index (χ0n) is 8.94. The van der Waals surface area contributed by atoms with Gasteiger partial charge < -0.3 is 15.7 Å². The molecule has 86 valence electrons. The van der Waals surface area contributed by atoms with Crippen molar-refractivity contribution < 1.29 is 9.90 Å². The molecule has 0 aromatic carbocycles. The molecule has 1 saturated heterocycles. The number of piperidine rings is 1. The molecule has 0 radical (unpaired) electrons.